The highest BCUT2D eigenvalue weighted by Gasteiger charge is 2.30. The molecule has 2 N–H and O–H groups in total. The molecule has 0 radical (unpaired) electrons. The average Bonchev–Trinajstić information content (AvgIpc) is 3.25. The van der Waals surface area contributed by atoms with Crippen molar-refractivity contribution in [3.63, 3.8) is 0 Å². The van der Waals surface area contributed by atoms with Crippen molar-refractivity contribution in [3.8, 4) is 0 Å². The van der Waals surface area contributed by atoms with E-state index in [0.29, 0.717) is 12.0 Å². The number of nitrogens with one attached hydrogen (secondary N) is 2. The molecule has 1 heterocycles. The van der Waals surface area contributed by atoms with E-state index in [2.05, 4.69) is 15.6 Å². The van der Waals surface area contributed by atoms with Crippen LogP contribution >= 0.6 is 0 Å². The van der Waals surface area contributed by atoms with E-state index in [9.17, 15) is 0 Å². The summed E-state index contributed by atoms with van der Waals surface area (Å²) < 4.78 is 0. The molecule has 4 rings (SSSR count). The maximum absolute atomic E-state index is 4.75. The van der Waals surface area contributed by atoms with Crippen LogP contribution in [0.3, 0.4) is 0 Å². The lowest BCUT2D eigenvalue weighted by molar-refractivity contribution is 0.675. The highest BCUT2D eigenvalue weighted by Crippen LogP contribution is 2.41. The predicted octanol–water partition coefficient (Wildman–Crippen LogP) is 2.18. The monoisotopic (exact) mass is 244 g/mol. The van der Waals surface area contributed by atoms with Gasteiger partial charge in [-0.3, -0.25) is 0 Å². The Morgan fingerprint density at radius 1 is 1.06 bits per heavy atom. The minimum atomic E-state index is 0.632. The van der Waals surface area contributed by atoms with Crippen LogP contribution in [-0.4, -0.2) is 22.1 Å². The summed E-state index contributed by atoms with van der Waals surface area (Å²) in [5.41, 5.74) is 2.60. The topological polar surface area (TPSA) is 49.8 Å². The van der Waals surface area contributed by atoms with Crippen LogP contribution in [-0.2, 0) is 6.54 Å². The largest absolute Gasteiger partial charge is 0.351 e. The third kappa shape index (κ3) is 2.48. The van der Waals surface area contributed by atoms with Gasteiger partial charge >= 0.3 is 0 Å². The Hall–Kier alpha value is -1.16. The predicted molar refractivity (Wildman–Crippen MR) is 70.5 cm³/mol. The minimum absolute atomic E-state index is 0.632. The van der Waals surface area contributed by atoms with E-state index >= 15 is 0 Å². The molecule has 0 spiro atoms. The number of anilines is 1. The van der Waals surface area contributed by atoms with E-state index in [1.807, 2.05) is 6.20 Å². The zero-order chi connectivity index (χ0) is 11.9. The van der Waals surface area contributed by atoms with E-state index in [1.165, 1.54) is 49.8 Å². The zero-order valence-electron chi connectivity index (χ0n) is 10.7. The maximum atomic E-state index is 4.75. The molecule has 4 heteroatoms. The summed E-state index contributed by atoms with van der Waals surface area (Å²) in [7, 11) is 0. The SMILES string of the molecule is c1nc(NC2CC2)nc(C2CC2)c1CNC1CC1. The Morgan fingerprint density at radius 3 is 2.50 bits per heavy atom. The molecule has 3 saturated carbocycles. The molecule has 96 valence electrons. The van der Waals surface area contributed by atoms with E-state index in [-0.39, 0.29) is 0 Å². The van der Waals surface area contributed by atoms with Crippen molar-refractivity contribution in [2.24, 2.45) is 0 Å². The third-order valence-corrected chi connectivity index (χ3v) is 3.93. The maximum Gasteiger partial charge on any atom is 0.223 e. The first-order valence-electron chi connectivity index (χ1n) is 7.24. The van der Waals surface area contributed by atoms with Crippen LogP contribution in [0.25, 0.3) is 0 Å². The molecule has 0 atom stereocenters. The van der Waals surface area contributed by atoms with E-state index in [1.54, 1.807) is 0 Å². The van der Waals surface area contributed by atoms with Crippen molar-refractivity contribution in [1.29, 1.82) is 0 Å². The van der Waals surface area contributed by atoms with Crippen LogP contribution in [0, 0.1) is 0 Å². The zero-order valence-corrected chi connectivity index (χ0v) is 10.7. The Balaban J connectivity index is 1.51. The van der Waals surface area contributed by atoms with Crippen molar-refractivity contribution in [1.82, 2.24) is 15.3 Å². The second kappa shape index (κ2) is 4.19. The van der Waals surface area contributed by atoms with Gasteiger partial charge in [-0.05, 0) is 38.5 Å². The normalized spacial score (nSPS) is 23.1. The van der Waals surface area contributed by atoms with Gasteiger partial charge in [0.25, 0.3) is 0 Å². The first-order valence-corrected chi connectivity index (χ1v) is 7.24. The van der Waals surface area contributed by atoms with E-state index in [4.69, 9.17) is 4.98 Å². The lowest BCUT2D eigenvalue weighted by atomic mass is 10.1. The van der Waals surface area contributed by atoms with Crippen molar-refractivity contribution in [2.45, 2.75) is 63.1 Å². The van der Waals surface area contributed by atoms with Gasteiger partial charge < -0.3 is 10.6 Å². The molecule has 1 aromatic rings. The van der Waals surface area contributed by atoms with E-state index in [0.717, 1.165) is 18.5 Å². The summed E-state index contributed by atoms with van der Waals surface area (Å²) in [4.78, 5) is 9.22. The quantitative estimate of drug-likeness (QED) is 0.805. The van der Waals surface area contributed by atoms with Crippen LogP contribution in [0.1, 0.15) is 55.7 Å². The van der Waals surface area contributed by atoms with Gasteiger partial charge in [-0.25, -0.2) is 9.97 Å². The molecule has 3 fully saturated rings. The summed E-state index contributed by atoms with van der Waals surface area (Å²) in [5.74, 6) is 1.54. The molecule has 1 aromatic heterocycles. The summed E-state index contributed by atoms with van der Waals surface area (Å²) in [6.07, 6.45) is 9.84. The summed E-state index contributed by atoms with van der Waals surface area (Å²) >= 11 is 0. The number of aromatic nitrogens is 2. The number of hydrogen-bond acceptors (Lipinski definition) is 4. The van der Waals surface area contributed by atoms with Crippen molar-refractivity contribution in [2.75, 3.05) is 5.32 Å². The Morgan fingerprint density at radius 2 is 1.83 bits per heavy atom. The van der Waals surface area contributed by atoms with Gasteiger partial charge in [0, 0.05) is 36.3 Å². The van der Waals surface area contributed by atoms with Gasteiger partial charge in [0.15, 0.2) is 0 Å². The number of hydrogen-bond donors (Lipinski definition) is 2. The Labute approximate surface area is 108 Å². The number of nitrogens with zero attached hydrogens (tertiary/aromatic N) is 2. The minimum Gasteiger partial charge on any atom is -0.351 e. The molecule has 18 heavy (non-hydrogen) atoms. The molecule has 0 unspecified atom stereocenters. The second-order valence-corrected chi connectivity index (χ2v) is 5.95. The standard InChI is InChI=1S/C14H20N4/c1-2-9(1)13-10(7-15-11-3-4-11)8-16-14(18-13)17-12-5-6-12/h8-9,11-12,15H,1-7H2,(H,16,17,18). The molecular formula is C14H20N4. The highest BCUT2D eigenvalue weighted by atomic mass is 15.1. The van der Waals surface area contributed by atoms with Gasteiger partial charge in [0.05, 0.1) is 5.69 Å². The second-order valence-electron chi connectivity index (χ2n) is 5.95. The van der Waals surface area contributed by atoms with E-state index < -0.39 is 0 Å². The molecule has 0 bridgehead atoms. The van der Waals surface area contributed by atoms with Gasteiger partial charge in [0.2, 0.25) is 5.95 Å². The van der Waals surface area contributed by atoms with Gasteiger partial charge in [-0.2, -0.15) is 0 Å². The van der Waals surface area contributed by atoms with Crippen LogP contribution in [0.4, 0.5) is 5.95 Å². The van der Waals surface area contributed by atoms with Gasteiger partial charge in [0.1, 0.15) is 0 Å². The van der Waals surface area contributed by atoms with Crippen molar-refractivity contribution in [3.05, 3.63) is 17.5 Å². The van der Waals surface area contributed by atoms with Crippen LogP contribution in [0.2, 0.25) is 0 Å². The smallest absolute Gasteiger partial charge is 0.223 e. The summed E-state index contributed by atoms with van der Waals surface area (Å²) in [6.45, 7) is 0.945. The first kappa shape index (κ1) is 10.7. The first-order chi connectivity index (χ1) is 8.88. The molecule has 0 amide bonds. The number of rotatable bonds is 6. The molecule has 3 aliphatic carbocycles. The fourth-order valence-electron chi connectivity index (χ4n) is 2.29. The Kier molecular flexibility index (Phi) is 2.50. The molecule has 0 aliphatic heterocycles. The van der Waals surface area contributed by atoms with Crippen LogP contribution < -0.4 is 10.6 Å². The molecular weight excluding hydrogens is 224 g/mol. The van der Waals surface area contributed by atoms with Crippen LogP contribution in [0.5, 0.6) is 0 Å². The van der Waals surface area contributed by atoms with Crippen molar-refractivity contribution < 1.29 is 0 Å². The lowest BCUT2D eigenvalue weighted by Crippen LogP contribution is -2.18. The fourth-order valence-corrected chi connectivity index (χ4v) is 2.29. The third-order valence-electron chi connectivity index (χ3n) is 3.93. The van der Waals surface area contributed by atoms with Crippen LogP contribution in [0.15, 0.2) is 6.20 Å². The summed E-state index contributed by atoms with van der Waals surface area (Å²) in [6, 6.07) is 1.38. The van der Waals surface area contributed by atoms with Crippen molar-refractivity contribution >= 4 is 5.95 Å². The van der Waals surface area contributed by atoms with Gasteiger partial charge in [-0.1, -0.05) is 0 Å². The molecule has 0 saturated heterocycles. The molecule has 0 aromatic carbocycles. The Bertz CT molecular complexity index is 447. The molecule has 4 nitrogen and oxygen atoms in total. The highest BCUT2D eigenvalue weighted by molar-refractivity contribution is 5.35. The lowest BCUT2D eigenvalue weighted by Gasteiger charge is -2.11. The summed E-state index contributed by atoms with van der Waals surface area (Å²) in [5, 5.41) is 6.97. The fraction of sp³-hybridized carbons (Fsp3) is 0.714. The average molecular weight is 244 g/mol. The molecule has 3 aliphatic rings. The van der Waals surface area contributed by atoms with Gasteiger partial charge in [-0.15, -0.1) is 0 Å².